The van der Waals surface area contributed by atoms with Crippen LogP contribution in [0.25, 0.3) is 0 Å². The van der Waals surface area contributed by atoms with E-state index in [1.807, 2.05) is 38.3 Å². The Morgan fingerprint density at radius 2 is 1.84 bits per heavy atom. The second kappa shape index (κ2) is 8.60. The lowest BCUT2D eigenvalue weighted by molar-refractivity contribution is -0.123. The van der Waals surface area contributed by atoms with E-state index in [9.17, 15) is 13.2 Å². The van der Waals surface area contributed by atoms with E-state index in [0.29, 0.717) is 6.54 Å². The van der Waals surface area contributed by atoms with Crippen LogP contribution < -0.4 is 10.0 Å². The third kappa shape index (κ3) is 5.66. The minimum atomic E-state index is -3.74. The van der Waals surface area contributed by atoms with Gasteiger partial charge in [-0.2, -0.15) is 4.72 Å². The summed E-state index contributed by atoms with van der Waals surface area (Å²) in [6, 6.07) is 9.73. The lowest BCUT2D eigenvalue weighted by Gasteiger charge is -2.21. The minimum Gasteiger partial charge on any atom is -0.354 e. The topological polar surface area (TPSA) is 75.3 Å². The molecule has 25 heavy (non-hydrogen) atoms. The Kier molecular flexibility index (Phi) is 6.75. The molecule has 0 aliphatic carbocycles. The van der Waals surface area contributed by atoms with Crippen LogP contribution in [0.4, 0.5) is 0 Å². The van der Waals surface area contributed by atoms with E-state index < -0.39 is 16.1 Å². The fourth-order valence-corrected chi connectivity index (χ4v) is 4.37. The normalized spacial score (nSPS) is 13.0. The maximum Gasteiger partial charge on any atom is 0.241 e. The van der Waals surface area contributed by atoms with Crippen molar-refractivity contribution in [2.24, 2.45) is 5.92 Å². The lowest BCUT2D eigenvalue weighted by Crippen LogP contribution is -2.49. The van der Waals surface area contributed by atoms with Crippen LogP contribution in [-0.2, 0) is 21.2 Å². The smallest absolute Gasteiger partial charge is 0.241 e. The van der Waals surface area contributed by atoms with Crippen LogP contribution in [0.15, 0.2) is 46.7 Å². The third-order valence-corrected chi connectivity index (χ3v) is 6.21. The van der Waals surface area contributed by atoms with Gasteiger partial charge in [0.2, 0.25) is 15.9 Å². The van der Waals surface area contributed by atoms with Crippen LogP contribution in [0, 0.1) is 12.8 Å². The SMILES string of the molecule is Cc1ccc(S(=O)(=O)N[C@H](C(=O)NCCc2cccs2)C(C)C)cc1. The van der Waals surface area contributed by atoms with Gasteiger partial charge in [0.1, 0.15) is 6.04 Å². The molecule has 2 rings (SSSR count). The lowest BCUT2D eigenvalue weighted by atomic mass is 10.1. The molecule has 0 saturated carbocycles. The van der Waals surface area contributed by atoms with Crippen molar-refractivity contribution >= 4 is 27.3 Å². The van der Waals surface area contributed by atoms with Crippen LogP contribution >= 0.6 is 11.3 Å². The van der Waals surface area contributed by atoms with E-state index in [1.165, 1.54) is 4.88 Å². The molecule has 136 valence electrons. The average molecular weight is 381 g/mol. The minimum absolute atomic E-state index is 0.162. The van der Waals surface area contributed by atoms with Crippen molar-refractivity contribution in [2.45, 2.75) is 38.1 Å². The molecule has 2 aromatic rings. The largest absolute Gasteiger partial charge is 0.354 e. The van der Waals surface area contributed by atoms with Gasteiger partial charge in [-0.25, -0.2) is 8.42 Å². The number of nitrogens with one attached hydrogen (secondary N) is 2. The first kappa shape index (κ1) is 19.6. The summed E-state index contributed by atoms with van der Waals surface area (Å²) in [6.45, 7) is 6.01. The van der Waals surface area contributed by atoms with Crippen LogP contribution in [0.1, 0.15) is 24.3 Å². The number of hydrogen-bond acceptors (Lipinski definition) is 4. The molecule has 0 bridgehead atoms. The van der Waals surface area contributed by atoms with Crippen molar-refractivity contribution in [3.05, 3.63) is 52.2 Å². The molecule has 0 saturated heterocycles. The summed E-state index contributed by atoms with van der Waals surface area (Å²) in [5, 5.41) is 4.82. The number of carbonyl (C=O) groups excluding carboxylic acids is 1. The molecule has 0 aliphatic rings. The van der Waals surface area contributed by atoms with Crippen molar-refractivity contribution in [1.82, 2.24) is 10.0 Å². The quantitative estimate of drug-likeness (QED) is 0.739. The highest BCUT2D eigenvalue weighted by Crippen LogP contribution is 2.13. The standard InChI is InChI=1S/C18H24N2O3S2/c1-13(2)17(18(21)19-11-10-15-5-4-12-24-15)20-25(22,23)16-8-6-14(3)7-9-16/h4-9,12-13,17,20H,10-11H2,1-3H3,(H,19,21)/t17-/m0/s1. The van der Waals surface area contributed by atoms with E-state index in [4.69, 9.17) is 0 Å². The zero-order valence-electron chi connectivity index (χ0n) is 14.7. The molecule has 5 nitrogen and oxygen atoms in total. The number of thiophene rings is 1. The Hall–Kier alpha value is -1.70. The fraction of sp³-hybridized carbons (Fsp3) is 0.389. The number of rotatable bonds is 8. The molecular weight excluding hydrogens is 356 g/mol. The van der Waals surface area contributed by atoms with Gasteiger partial charge in [-0.1, -0.05) is 37.6 Å². The predicted octanol–water partition coefficient (Wildman–Crippen LogP) is 2.72. The Balaban J connectivity index is 2.01. The van der Waals surface area contributed by atoms with Gasteiger partial charge in [-0.3, -0.25) is 4.79 Å². The number of sulfonamides is 1. The molecule has 0 spiro atoms. The third-order valence-electron chi connectivity index (χ3n) is 3.81. The molecule has 0 unspecified atom stereocenters. The van der Waals surface area contributed by atoms with Crippen LogP contribution in [0.3, 0.4) is 0 Å². The first-order chi connectivity index (χ1) is 11.8. The first-order valence-corrected chi connectivity index (χ1v) is 10.5. The highest BCUT2D eigenvalue weighted by Gasteiger charge is 2.28. The van der Waals surface area contributed by atoms with Gasteiger partial charge < -0.3 is 5.32 Å². The van der Waals surface area contributed by atoms with Crippen molar-refractivity contribution in [1.29, 1.82) is 0 Å². The van der Waals surface area contributed by atoms with Gasteiger partial charge in [0.25, 0.3) is 0 Å². The van der Waals surface area contributed by atoms with Crippen molar-refractivity contribution < 1.29 is 13.2 Å². The second-order valence-electron chi connectivity index (χ2n) is 6.28. The monoisotopic (exact) mass is 380 g/mol. The number of amides is 1. The maximum atomic E-state index is 12.5. The molecular formula is C18H24N2O3S2. The molecule has 7 heteroatoms. The molecule has 1 heterocycles. The zero-order chi connectivity index (χ0) is 18.4. The number of hydrogen-bond donors (Lipinski definition) is 2. The number of aryl methyl sites for hydroxylation is 1. The van der Waals surface area contributed by atoms with Gasteiger partial charge in [-0.15, -0.1) is 11.3 Å². The summed E-state index contributed by atoms with van der Waals surface area (Å²) in [5.74, 6) is -0.468. The van der Waals surface area contributed by atoms with Crippen molar-refractivity contribution in [3.8, 4) is 0 Å². The average Bonchev–Trinajstić information content (AvgIpc) is 3.06. The highest BCUT2D eigenvalue weighted by atomic mass is 32.2. The molecule has 1 amide bonds. The van der Waals surface area contributed by atoms with Crippen molar-refractivity contribution in [2.75, 3.05) is 6.54 Å². The highest BCUT2D eigenvalue weighted by molar-refractivity contribution is 7.89. The molecule has 1 aromatic heterocycles. The first-order valence-electron chi connectivity index (χ1n) is 8.18. The van der Waals surface area contributed by atoms with E-state index in [0.717, 1.165) is 12.0 Å². The predicted molar refractivity (Wildman–Crippen MR) is 101 cm³/mol. The molecule has 0 fully saturated rings. The maximum absolute atomic E-state index is 12.5. The molecule has 0 aliphatic heterocycles. The van der Waals surface area contributed by atoms with Crippen molar-refractivity contribution in [3.63, 3.8) is 0 Å². The second-order valence-corrected chi connectivity index (χ2v) is 9.02. The van der Waals surface area contributed by atoms with Crippen LogP contribution in [0.5, 0.6) is 0 Å². The summed E-state index contributed by atoms with van der Waals surface area (Å²) in [7, 11) is -3.74. The van der Waals surface area contributed by atoms with Gasteiger partial charge in [-0.05, 0) is 42.8 Å². The van der Waals surface area contributed by atoms with E-state index in [2.05, 4.69) is 10.0 Å². The van der Waals surface area contributed by atoms with Crippen LogP contribution in [0.2, 0.25) is 0 Å². The Morgan fingerprint density at radius 1 is 1.16 bits per heavy atom. The van der Waals surface area contributed by atoms with Gasteiger partial charge >= 0.3 is 0 Å². The molecule has 1 aromatic carbocycles. The van der Waals surface area contributed by atoms with Crippen LogP contribution in [-0.4, -0.2) is 26.9 Å². The summed E-state index contributed by atoms with van der Waals surface area (Å²) in [5.41, 5.74) is 0.977. The number of carbonyl (C=O) groups is 1. The fourth-order valence-electron chi connectivity index (χ4n) is 2.32. The zero-order valence-corrected chi connectivity index (χ0v) is 16.3. The van der Waals surface area contributed by atoms with E-state index in [-0.39, 0.29) is 16.7 Å². The molecule has 2 N–H and O–H groups in total. The van der Waals surface area contributed by atoms with Gasteiger partial charge in [0.15, 0.2) is 0 Å². The Bertz CT molecular complexity index is 782. The molecule has 1 atom stereocenters. The molecule has 0 radical (unpaired) electrons. The number of benzene rings is 1. The Morgan fingerprint density at radius 3 is 2.40 bits per heavy atom. The summed E-state index contributed by atoms with van der Waals surface area (Å²) in [6.07, 6.45) is 0.735. The summed E-state index contributed by atoms with van der Waals surface area (Å²) in [4.78, 5) is 13.8. The summed E-state index contributed by atoms with van der Waals surface area (Å²) < 4.78 is 27.6. The van der Waals surface area contributed by atoms with E-state index in [1.54, 1.807) is 35.6 Å². The Labute approximate surface area is 153 Å². The van der Waals surface area contributed by atoms with Gasteiger partial charge in [0.05, 0.1) is 4.90 Å². The van der Waals surface area contributed by atoms with Gasteiger partial charge in [0, 0.05) is 11.4 Å². The van der Waals surface area contributed by atoms with E-state index >= 15 is 0 Å². The summed E-state index contributed by atoms with van der Waals surface area (Å²) >= 11 is 1.63.